The molecule has 0 aliphatic rings. The molecule has 4 rings (SSSR count). The number of fused-ring (bicyclic) bond motifs is 1. The third kappa shape index (κ3) is 4.34. The maximum atomic E-state index is 13.1. The number of nitrogens with one attached hydrogen (secondary N) is 1. The SMILES string of the molecule is Cc1ccc(CCNC(=O)Cn2c(=O)n(C(C)C)c3ccc(-c4noc(C)n4)cc32)cc1. The molecule has 8 heteroatoms. The van der Waals surface area contributed by atoms with Gasteiger partial charge in [0.2, 0.25) is 17.6 Å². The molecular weight excluding hydrogens is 406 g/mol. The van der Waals surface area contributed by atoms with Crippen LogP contribution in [-0.4, -0.2) is 31.7 Å². The van der Waals surface area contributed by atoms with Gasteiger partial charge in [0.25, 0.3) is 0 Å². The fraction of sp³-hybridized carbons (Fsp3) is 0.333. The Morgan fingerprint density at radius 1 is 1.09 bits per heavy atom. The fourth-order valence-corrected chi connectivity index (χ4v) is 3.79. The van der Waals surface area contributed by atoms with Crippen molar-refractivity contribution >= 4 is 16.9 Å². The summed E-state index contributed by atoms with van der Waals surface area (Å²) < 4.78 is 8.28. The normalized spacial score (nSPS) is 11.4. The minimum atomic E-state index is -0.217. The van der Waals surface area contributed by atoms with E-state index in [1.54, 1.807) is 11.5 Å². The van der Waals surface area contributed by atoms with Crippen molar-refractivity contribution in [3.05, 3.63) is 70.0 Å². The Morgan fingerprint density at radius 3 is 2.50 bits per heavy atom. The van der Waals surface area contributed by atoms with Gasteiger partial charge in [-0.25, -0.2) is 4.79 Å². The van der Waals surface area contributed by atoms with Gasteiger partial charge < -0.3 is 9.84 Å². The predicted molar refractivity (Wildman–Crippen MR) is 123 cm³/mol. The quantitative estimate of drug-likeness (QED) is 0.482. The number of amides is 1. The predicted octanol–water partition coefficient (Wildman–Crippen LogP) is 3.41. The molecule has 2 heterocycles. The molecule has 0 saturated heterocycles. The number of carbonyl (C=O) groups is 1. The number of aromatic nitrogens is 4. The van der Waals surface area contributed by atoms with E-state index in [1.807, 2.05) is 39.0 Å². The number of carbonyl (C=O) groups excluding carboxylic acids is 1. The number of aryl methyl sites for hydroxylation is 2. The van der Waals surface area contributed by atoms with Gasteiger partial charge in [0, 0.05) is 25.1 Å². The molecule has 0 fully saturated rings. The number of imidazole rings is 1. The first kappa shape index (κ1) is 21.5. The van der Waals surface area contributed by atoms with Gasteiger partial charge in [0.15, 0.2) is 0 Å². The number of hydrogen-bond acceptors (Lipinski definition) is 5. The molecule has 0 unspecified atom stereocenters. The van der Waals surface area contributed by atoms with Gasteiger partial charge in [0.1, 0.15) is 6.54 Å². The van der Waals surface area contributed by atoms with E-state index in [2.05, 4.69) is 39.7 Å². The monoisotopic (exact) mass is 433 g/mol. The summed E-state index contributed by atoms with van der Waals surface area (Å²) in [6.07, 6.45) is 0.732. The van der Waals surface area contributed by atoms with Crippen molar-refractivity contribution in [2.75, 3.05) is 6.54 Å². The Bertz CT molecular complexity index is 1310. The van der Waals surface area contributed by atoms with E-state index < -0.39 is 0 Å². The zero-order valence-electron chi connectivity index (χ0n) is 18.8. The lowest BCUT2D eigenvalue weighted by Crippen LogP contribution is -2.34. The van der Waals surface area contributed by atoms with Gasteiger partial charge in [-0.05, 0) is 51.0 Å². The largest absolute Gasteiger partial charge is 0.354 e. The molecule has 1 N–H and O–H groups in total. The summed E-state index contributed by atoms with van der Waals surface area (Å²) in [6.45, 7) is 8.11. The van der Waals surface area contributed by atoms with Crippen LogP contribution in [0.3, 0.4) is 0 Å². The minimum absolute atomic E-state index is 0.0471. The van der Waals surface area contributed by atoms with Crippen LogP contribution in [0.25, 0.3) is 22.4 Å². The molecule has 0 aliphatic carbocycles. The number of hydrogen-bond donors (Lipinski definition) is 1. The van der Waals surface area contributed by atoms with Gasteiger partial charge in [-0.15, -0.1) is 0 Å². The highest BCUT2D eigenvalue weighted by Gasteiger charge is 2.19. The zero-order valence-corrected chi connectivity index (χ0v) is 18.8. The maximum Gasteiger partial charge on any atom is 0.329 e. The molecule has 2 aromatic heterocycles. The molecular formula is C24H27N5O3. The van der Waals surface area contributed by atoms with Crippen LogP contribution in [0.2, 0.25) is 0 Å². The van der Waals surface area contributed by atoms with Gasteiger partial charge in [0.05, 0.1) is 11.0 Å². The van der Waals surface area contributed by atoms with Gasteiger partial charge >= 0.3 is 5.69 Å². The van der Waals surface area contributed by atoms with E-state index in [4.69, 9.17) is 4.52 Å². The second kappa shape index (κ2) is 8.82. The highest BCUT2D eigenvalue weighted by atomic mass is 16.5. The minimum Gasteiger partial charge on any atom is -0.354 e. The van der Waals surface area contributed by atoms with Crippen molar-refractivity contribution in [3.8, 4) is 11.4 Å². The second-order valence-corrected chi connectivity index (χ2v) is 8.26. The molecule has 0 spiro atoms. The molecule has 166 valence electrons. The van der Waals surface area contributed by atoms with Crippen LogP contribution in [0, 0.1) is 13.8 Å². The van der Waals surface area contributed by atoms with Crippen LogP contribution in [0.5, 0.6) is 0 Å². The van der Waals surface area contributed by atoms with Gasteiger partial charge in [-0.1, -0.05) is 35.0 Å². The summed E-state index contributed by atoms with van der Waals surface area (Å²) >= 11 is 0. The number of nitrogens with zero attached hydrogens (tertiary/aromatic N) is 4. The number of benzene rings is 2. The van der Waals surface area contributed by atoms with Crippen LogP contribution in [0.1, 0.15) is 36.9 Å². The highest BCUT2D eigenvalue weighted by molar-refractivity contribution is 5.84. The van der Waals surface area contributed by atoms with Crippen molar-refractivity contribution in [1.29, 1.82) is 0 Å². The first-order valence-electron chi connectivity index (χ1n) is 10.7. The van der Waals surface area contributed by atoms with E-state index in [9.17, 15) is 9.59 Å². The maximum absolute atomic E-state index is 13.1. The second-order valence-electron chi connectivity index (χ2n) is 8.26. The molecule has 4 aromatic rings. The van der Waals surface area contributed by atoms with E-state index in [1.165, 1.54) is 10.1 Å². The average Bonchev–Trinajstić information content (AvgIpc) is 3.30. The molecule has 32 heavy (non-hydrogen) atoms. The van der Waals surface area contributed by atoms with E-state index in [-0.39, 0.29) is 24.2 Å². The highest BCUT2D eigenvalue weighted by Crippen LogP contribution is 2.24. The molecule has 0 radical (unpaired) electrons. The number of rotatable bonds is 7. The fourth-order valence-electron chi connectivity index (χ4n) is 3.79. The van der Waals surface area contributed by atoms with Gasteiger partial charge in [-0.2, -0.15) is 4.98 Å². The van der Waals surface area contributed by atoms with Crippen LogP contribution >= 0.6 is 0 Å². The Labute approximate surface area is 185 Å². The molecule has 1 amide bonds. The van der Waals surface area contributed by atoms with Crippen LogP contribution in [0.15, 0.2) is 51.8 Å². The molecule has 0 atom stereocenters. The zero-order chi connectivity index (χ0) is 22.8. The lowest BCUT2D eigenvalue weighted by Gasteiger charge is -2.07. The topological polar surface area (TPSA) is 95.0 Å². The van der Waals surface area contributed by atoms with Crippen molar-refractivity contribution in [1.82, 2.24) is 24.6 Å². The first-order chi connectivity index (χ1) is 15.3. The Morgan fingerprint density at radius 2 is 1.84 bits per heavy atom. The lowest BCUT2D eigenvalue weighted by molar-refractivity contribution is -0.121. The molecule has 2 aromatic carbocycles. The van der Waals surface area contributed by atoms with Crippen molar-refractivity contribution in [2.45, 2.75) is 46.7 Å². The van der Waals surface area contributed by atoms with Crippen molar-refractivity contribution in [2.24, 2.45) is 0 Å². The first-order valence-corrected chi connectivity index (χ1v) is 10.7. The van der Waals surface area contributed by atoms with Crippen molar-refractivity contribution < 1.29 is 9.32 Å². The Kier molecular flexibility index (Phi) is 5.94. The Balaban J connectivity index is 1.58. The standard InChI is InChI=1S/C24H27N5O3/c1-15(2)29-20-10-9-19(23-26-17(4)32-27-23)13-21(20)28(24(29)31)14-22(30)25-12-11-18-7-5-16(3)6-8-18/h5-10,13,15H,11-12,14H2,1-4H3,(H,25,30). The summed E-state index contributed by atoms with van der Waals surface area (Å²) in [7, 11) is 0. The summed E-state index contributed by atoms with van der Waals surface area (Å²) in [4.78, 5) is 30.1. The molecule has 0 saturated carbocycles. The van der Waals surface area contributed by atoms with E-state index >= 15 is 0 Å². The third-order valence-electron chi connectivity index (χ3n) is 5.42. The van der Waals surface area contributed by atoms with Crippen LogP contribution in [-0.2, 0) is 17.8 Å². The summed E-state index contributed by atoms with van der Waals surface area (Å²) in [5, 5.41) is 6.89. The molecule has 0 bridgehead atoms. The summed E-state index contributed by atoms with van der Waals surface area (Å²) in [6, 6.07) is 13.7. The molecule has 8 nitrogen and oxygen atoms in total. The van der Waals surface area contributed by atoms with Crippen LogP contribution < -0.4 is 11.0 Å². The van der Waals surface area contributed by atoms with E-state index in [0.29, 0.717) is 23.8 Å². The average molecular weight is 434 g/mol. The smallest absolute Gasteiger partial charge is 0.329 e. The van der Waals surface area contributed by atoms with E-state index in [0.717, 1.165) is 23.1 Å². The lowest BCUT2D eigenvalue weighted by atomic mass is 10.1. The van der Waals surface area contributed by atoms with Gasteiger partial charge in [-0.3, -0.25) is 13.9 Å². The third-order valence-corrected chi connectivity index (χ3v) is 5.42. The summed E-state index contributed by atoms with van der Waals surface area (Å²) in [5.74, 6) is 0.705. The van der Waals surface area contributed by atoms with Crippen LogP contribution in [0.4, 0.5) is 0 Å². The van der Waals surface area contributed by atoms with Crippen molar-refractivity contribution in [3.63, 3.8) is 0 Å². The summed E-state index contributed by atoms with van der Waals surface area (Å²) in [5.41, 5.74) is 4.30. The Hall–Kier alpha value is -3.68. The molecule has 0 aliphatic heterocycles.